The second-order valence-corrected chi connectivity index (χ2v) is 4.91. The lowest BCUT2D eigenvalue weighted by Crippen LogP contribution is -2.44. The smallest absolute Gasteiger partial charge is 0.364 e. The topological polar surface area (TPSA) is 77.2 Å². The van der Waals surface area contributed by atoms with Gasteiger partial charge in [0.2, 0.25) is 0 Å². The van der Waals surface area contributed by atoms with E-state index in [2.05, 4.69) is 20.0 Å². The van der Waals surface area contributed by atoms with E-state index in [1.807, 2.05) is 0 Å². The van der Waals surface area contributed by atoms with Gasteiger partial charge in [-0.3, -0.25) is 4.79 Å². The summed E-state index contributed by atoms with van der Waals surface area (Å²) in [6.45, 7) is 0.893. The van der Waals surface area contributed by atoms with Gasteiger partial charge >= 0.3 is 12.1 Å². The van der Waals surface area contributed by atoms with E-state index in [-0.39, 0.29) is 11.4 Å². The first-order valence-electron chi connectivity index (χ1n) is 6.66. The quantitative estimate of drug-likeness (QED) is 0.841. The van der Waals surface area contributed by atoms with E-state index in [0.29, 0.717) is 0 Å². The summed E-state index contributed by atoms with van der Waals surface area (Å²) in [7, 11) is 1.21. The molecule has 0 fully saturated rings. The number of nitrogens with zero attached hydrogens (tertiary/aromatic N) is 2. The number of aromatic nitrogens is 2. The molecule has 0 spiro atoms. The van der Waals surface area contributed by atoms with Crippen LogP contribution in [0.25, 0.3) is 0 Å². The normalized spacial score (nSPS) is 14.2. The molecular weight excluding hydrogens is 334 g/mol. The molecule has 0 aliphatic heterocycles. The highest BCUT2D eigenvalue weighted by molar-refractivity contribution is 5.86. The molecule has 0 bridgehead atoms. The monoisotopic (exact) mass is 347 g/mol. The number of ether oxygens (including phenoxy) is 1. The van der Waals surface area contributed by atoms with Gasteiger partial charge in [-0.15, -0.1) is 0 Å². The highest BCUT2D eigenvalue weighted by atomic mass is 19.4. The van der Waals surface area contributed by atoms with E-state index in [1.165, 1.54) is 32.2 Å². The van der Waals surface area contributed by atoms with Crippen molar-refractivity contribution in [2.75, 3.05) is 7.11 Å². The summed E-state index contributed by atoms with van der Waals surface area (Å²) < 4.78 is 60.2. The van der Waals surface area contributed by atoms with E-state index < -0.39 is 35.9 Å². The third-order valence-corrected chi connectivity index (χ3v) is 3.35. The Labute approximate surface area is 133 Å². The van der Waals surface area contributed by atoms with E-state index in [4.69, 9.17) is 4.74 Å². The van der Waals surface area contributed by atoms with Crippen molar-refractivity contribution in [3.8, 4) is 0 Å². The average Bonchev–Trinajstić information content (AvgIpc) is 3.01. The molecule has 1 heterocycles. The van der Waals surface area contributed by atoms with Crippen molar-refractivity contribution in [1.82, 2.24) is 15.5 Å². The summed E-state index contributed by atoms with van der Waals surface area (Å²) in [5, 5.41) is 5.42. The molecule has 1 aromatic heterocycles. The molecule has 0 aliphatic rings. The van der Waals surface area contributed by atoms with Crippen molar-refractivity contribution in [2.45, 2.75) is 25.2 Å². The molecule has 1 atom stereocenters. The Morgan fingerprint density at radius 2 is 2.00 bits per heavy atom. The summed E-state index contributed by atoms with van der Waals surface area (Å²) in [6.07, 6.45) is -4.77. The number of benzene rings is 1. The van der Waals surface area contributed by atoms with Gasteiger partial charge in [-0.2, -0.15) is 18.2 Å². The minimum Gasteiger partial charge on any atom is -0.364 e. The number of halogens is 4. The molecule has 1 N–H and O–H groups in total. The van der Waals surface area contributed by atoms with Crippen molar-refractivity contribution in [3.05, 3.63) is 47.4 Å². The zero-order valence-corrected chi connectivity index (χ0v) is 12.6. The Kier molecular flexibility index (Phi) is 4.88. The molecule has 0 aliphatic carbocycles. The number of hydrogen-bond acceptors (Lipinski definition) is 5. The van der Waals surface area contributed by atoms with E-state index in [9.17, 15) is 22.4 Å². The van der Waals surface area contributed by atoms with Gasteiger partial charge in [0, 0.05) is 12.7 Å². The van der Waals surface area contributed by atoms with E-state index >= 15 is 0 Å². The number of carbonyl (C=O) groups is 1. The zero-order valence-electron chi connectivity index (χ0n) is 12.6. The standard InChI is InChI=1S/C14H13F4N3O3/c1-13(23-2,8-5-3-4-6-9(8)15)11(22)19-7-10-20-12(24-21-10)14(16,17)18/h3-6H,7H2,1-2H3,(H,19,22). The van der Waals surface area contributed by atoms with Gasteiger partial charge in [0.05, 0.1) is 6.54 Å². The number of hydrogen-bond donors (Lipinski definition) is 1. The maximum absolute atomic E-state index is 13.9. The van der Waals surface area contributed by atoms with Crippen molar-refractivity contribution in [3.63, 3.8) is 0 Å². The number of rotatable bonds is 5. The SMILES string of the molecule is COC(C)(C(=O)NCc1noc(C(F)(F)F)n1)c1ccccc1F. The molecule has 0 radical (unpaired) electrons. The molecular formula is C14H13F4N3O3. The number of alkyl halides is 3. The number of carbonyl (C=O) groups excluding carboxylic acids is 1. The molecule has 1 unspecified atom stereocenters. The first-order chi connectivity index (χ1) is 11.2. The number of amides is 1. The van der Waals surface area contributed by atoms with Crippen molar-refractivity contribution >= 4 is 5.91 Å². The van der Waals surface area contributed by atoms with Crippen molar-refractivity contribution in [2.24, 2.45) is 0 Å². The lowest BCUT2D eigenvalue weighted by atomic mass is 9.94. The van der Waals surface area contributed by atoms with Crippen LogP contribution in [0.2, 0.25) is 0 Å². The predicted molar refractivity (Wildman–Crippen MR) is 71.9 cm³/mol. The molecule has 1 aromatic carbocycles. The Hall–Kier alpha value is -2.49. The molecule has 2 aromatic rings. The van der Waals surface area contributed by atoms with Crippen LogP contribution in [-0.4, -0.2) is 23.2 Å². The van der Waals surface area contributed by atoms with Crippen LogP contribution in [0.5, 0.6) is 0 Å². The first-order valence-corrected chi connectivity index (χ1v) is 6.66. The summed E-state index contributed by atoms with van der Waals surface area (Å²) in [4.78, 5) is 15.4. The molecule has 10 heteroatoms. The summed E-state index contributed by atoms with van der Waals surface area (Å²) in [6, 6.07) is 5.51. The number of nitrogens with one attached hydrogen (secondary N) is 1. The van der Waals surface area contributed by atoms with Gasteiger partial charge in [-0.25, -0.2) is 4.39 Å². The largest absolute Gasteiger partial charge is 0.471 e. The van der Waals surface area contributed by atoms with Gasteiger partial charge in [0.1, 0.15) is 5.82 Å². The van der Waals surface area contributed by atoms with E-state index in [1.54, 1.807) is 0 Å². The molecule has 2 rings (SSSR count). The Balaban J connectivity index is 2.13. The van der Waals surface area contributed by atoms with Gasteiger partial charge < -0.3 is 14.6 Å². The maximum atomic E-state index is 13.9. The Morgan fingerprint density at radius 1 is 1.33 bits per heavy atom. The highest BCUT2D eigenvalue weighted by Crippen LogP contribution is 2.28. The molecule has 24 heavy (non-hydrogen) atoms. The van der Waals surface area contributed by atoms with Crippen LogP contribution in [-0.2, 0) is 27.9 Å². The molecule has 0 saturated heterocycles. The predicted octanol–water partition coefficient (Wildman–Crippen LogP) is 2.41. The molecule has 1 amide bonds. The Morgan fingerprint density at radius 3 is 2.54 bits per heavy atom. The van der Waals surface area contributed by atoms with Crippen LogP contribution in [0.1, 0.15) is 24.2 Å². The fourth-order valence-electron chi connectivity index (χ4n) is 1.94. The van der Waals surface area contributed by atoms with Crippen LogP contribution >= 0.6 is 0 Å². The van der Waals surface area contributed by atoms with Gasteiger partial charge in [-0.1, -0.05) is 23.4 Å². The van der Waals surface area contributed by atoms with Crippen LogP contribution in [0, 0.1) is 5.82 Å². The summed E-state index contributed by atoms with van der Waals surface area (Å²) in [5.41, 5.74) is -1.70. The highest BCUT2D eigenvalue weighted by Gasteiger charge is 2.39. The third kappa shape index (κ3) is 3.53. The van der Waals surface area contributed by atoms with Crippen LogP contribution < -0.4 is 5.32 Å². The minimum atomic E-state index is -4.77. The van der Waals surface area contributed by atoms with Crippen LogP contribution in [0.4, 0.5) is 17.6 Å². The first kappa shape index (κ1) is 17.9. The van der Waals surface area contributed by atoms with Crippen LogP contribution in [0.3, 0.4) is 0 Å². The molecule has 130 valence electrons. The van der Waals surface area contributed by atoms with Gasteiger partial charge in [0.15, 0.2) is 11.4 Å². The zero-order chi connectivity index (χ0) is 18.0. The van der Waals surface area contributed by atoms with Crippen molar-refractivity contribution < 1.29 is 31.6 Å². The van der Waals surface area contributed by atoms with Crippen LogP contribution in [0.15, 0.2) is 28.8 Å². The van der Waals surface area contributed by atoms with Crippen molar-refractivity contribution in [1.29, 1.82) is 0 Å². The lowest BCUT2D eigenvalue weighted by Gasteiger charge is -2.27. The molecule has 0 saturated carbocycles. The second kappa shape index (κ2) is 6.56. The third-order valence-electron chi connectivity index (χ3n) is 3.35. The summed E-state index contributed by atoms with van der Waals surface area (Å²) >= 11 is 0. The average molecular weight is 347 g/mol. The minimum absolute atomic E-state index is 0.0194. The lowest BCUT2D eigenvalue weighted by molar-refractivity contribution is -0.159. The summed E-state index contributed by atoms with van der Waals surface area (Å²) in [5.74, 6) is -3.32. The van der Waals surface area contributed by atoms with Gasteiger partial charge in [0.25, 0.3) is 5.91 Å². The second-order valence-electron chi connectivity index (χ2n) is 4.91. The van der Waals surface area contributed by atoms with Gasteiger partial charge in [-0.05, 0) is 13.0 Å². The maximum Gasteiger partial charge on any atom is 0.471 e. The van der Waals surface area contributed by atoms with E-state index in [0.717, 1.165) is 6.07 Å². The molecule has 6 nitrogen and oxygen atoms in total. The fourth-order valence-corrected chi connectivity index (χ4v) is 1.94. The fraction of sp³-hybridized carbons (Fsp3) is 0.357. The number of methoxy groups -OCH3 is 1. The Bertz CT molecular complexity index is 732.